The molecule has 1 unspecified atom stereocenters. The second kappa shape index (κ2) is 11.4. The molecule has 7 heteroatoms. The number of hydrogen-bond donors (Lipinski definition) is 2. The number of carbonyl (C=O) groups is 1. The summed E-state index contributed by atoms with van der Waals surface area (Å²) in [6.45, 7) is 2.70. The van der Waals surface area contributed by atoms with Crippen molar-refractivity contribution in [3.05, 3.63) is 52.0 Å². The van der Waals surface area contributed by atoms with E-state index in [2.05, 4.69) is 22.6 Å². The van der Waals surface area contributed by atoms with Crippen molar-refractivity contribution >= 4 is 42.1 Å². The topological polar surface area (TPSA) is 68.0 Å². The lowest BCUT2D eigenvalue weighted by Crippen LogP contribution is -2.29. The number of nitrogens with one attached hydrogen (secondary N) is 1. The van der Waals surface area contributed by atoms with Gasteiger partial charge in [-0.05, 0) is 12.0 Å². The summed E-state index contributed by atoms with van der Waals surface area (Å²) in [5.74, 6) is -0.0164. The number of amides is 1. The summed E-state index contributed by atoms with van der Waals surface area (Å²) in [5.41, 5.74) is 8.06. The van der Waals surface area contributed by atoms with Crippen molar-refractivity contribution in [3.8, 4) is 0 Å². The van der Waals surface area contributed by atoms with Gasteiger partial charge in [-0.3, -0.25) is 4.79 Å². The van der Waals surface area contributed by atoms with E-state index < -0.39 is 0 Å². The van der Waals surface area contributed by atoms with Gasteiger partial charge in [0.25, 0.3) is 0 Å². The van der Waals surface area contributed by atoms with Crippen molar-refractivity contribution in [1.82, 2.24) is 10.3 Å². The Morgan fingerprint density at radius 2 is 2.00 bits per heavy atom. The van der Waals surface area contributed by atoms with Crippen molar-refractivity contribution in [3.63, 3.8) is 0 Å². The molecule has 1 atom stereocenters. The van der Waals surface area contributed by atoms with Crippen LogP contribution in [0.4, 0.5) is 0 Å². The standard InChI is InChI=1S/C16H21N3OS.2ClH/c1-2-16-19-13(11-21-16)8-9-18-15(20)10-14(17)12-6-4-3-5-7-12;;/h3-7,11,14H,2,8-10,17H2,1H3,(H,18,20);2*1H. The average Bonchev–Trinajstić information content (AvgIpc) is 2.96. The molecule has 0 radical (unpaired) electrons. The number of carbonyl (C=O) groups excluding carboxylic acids is 1. The molecular weight excluding hydrogens is 353 g/mol. The van der Waals surface area contributed by atoms with Gasteiger partial charge in [0.05, 0.1) is 10.7 Å². The van der Waals surface area contributed by atoms with Gasteiger partial charge in [0, 0.05) is 30.8 Å². The van der Waals surface area contributed by atoms with E-state index in [0.717, 1.165) is 29.1 Å². The Balaban J connectivity index is 0.00000242. The smallest absolute Gasteiger partial charge is 0.221 e. The molecule has 0 spiro atoms. The van der Waals surface area contributed by atoms with Gasteiger partial charge >= 0.3 is 0 Å². The molecule has 2 aromatic rings. The molecule has 4 nitrogen and oxygen atoms in total. The summed E-state index contributed by atoms with van der Waals surface area (Å²) in [6.07, 6.45) is 2.03. The summed E-state index contributed by atoms with van der Waals surface area (Å²) in [4.78, 5) is 16.3. The van der Waals surface area contributed by atoms with Crippen molar-refractivity contribution in [1.29, 1.82) is 0 Å². The first-order chi connectivity index (χ1) is 10.2. The van der Waals surface area contributed by atoms with Crippen LogP contribution in [0.5, 0.6) is 0 Å². The van der Waals surface area contributed by atoms with Gasteiger partial charge in [0.2, 0.25) is 5.91 Å². The van der Waals surface area contributed by atoms with Crippen molar-refractivity contribution in [2.75, 3.05) is 6.54 Å². The zero-order valence-corrected chi connectivity index (χ0v) is 15.5. The molecule has 1 aromatic carbocycles. The minimum Gasteiger partial charge on any atom is -0.356 e. The van der Waals surface area contributed by atoms with Crippen LogP contribution in [0.25, 0.3) is 0 Å². The molecule has 0 aliphatic heterocycles. The zero-order valence-electron chi connectivity index (χ0n) is 13.0. The van der Waals surface area contributed by atoms with Gasteiger partial charge < -0.3 is 11.1 Å². The van der Waals surface area contributed by atoms with Crippen molar-refractivity contribution in [2.24, 2.45) is 5.73 Å². The molecule has 3 N–H and O–H groups in total. The van der Waals surface area contributed by atoms with Gasteiger partial charge in [-0.2, -0.15) is 0 Å². The summed E-state index contributed by atoms with van der Waals surface area (Å²) >= 11 is 1.67. The summed E-state index contributed by atoms with van der Waals surface area (Å²) in [5, 5.41) is 6.10. The lowest BCUT2D eigenvalue weighted by atomic mass is 10.0. The highest BCUT2D eigenvalue weighted by atomic mass is 35.5. The highest BCUT2D eigenvalue weighted by Gasteiger charge is 2.11. The van der Waals surface area contributed by atoms with Crippen LogP contribution in [0, 0.1) is 0 Å². The number of nitrogens with two attached hydrogens (primary N) is 1. The molecule has 1 heterocycles. The first-order valence-electron chi connectivity index (χ1n) is 7.19. The number of aryl methyl sites for hydroxylation is 1. The van der Waals surface area contributed by atoms with Crippen LogP contribution in [-0.4, -0.2) is 17.4 Å². The monoisotopic (exact) mass is 375 g/mol. The molecule has 0 fully saturated rings. The fourth-order valence-electron chi connectivity index (χ4n) is 2.05. The van der Waals surface area contributed by atoms with Crippen LogP contribution >= 0.6 is 36.2 Å². The number of hydrogen-bond acceptors (Lipinski definition) is 4. The second-order valence-electron chi connectivity index (χ2n) is 4.91. The number of halogens is 2. The normalized spacial score (nSPS) is 11.0. The fraction of sp³-hybridized carbons (Fsp3) is 0.375. The second-order valence-corrected chi connectivity index (χ2v) is 5.85. The molecule has 2 rings (SSSR count). The van der Waals surface area contributed by atoms with Gasteiger partial charge in [0.1, 0.15) is 0 Å². The average molecular weight is 376 g/mol. The van der Waals surface area contributed by atoms with Gasteiger partial charge in [0.15, 0.2) is 0 Å². The first kappa shape index (κ1) is 21.9. The highest BCUT2D eigenvalue weighted by molar-refractivity contribution is 7.09. The molecular formula is C16H23Cl2N3OS. The summed E-state index contributed by atoms with van der Waals surface area (Å²) in [6, 6.07) is 9.44. The van der Waals surface area contributed by atoms with Crippen LogP contribution in [0.2, 0.25) is 0 Å². The quantitative estimate of drug-likeness (QED) is 0.779. The number of thiazole rings is 1. The minimum absolute atomic E-state index is 0. The lowest BCUT2D eigenvalue weighted by molar-refractivity contribution is -0.121. The van der Waals surface area contributed by atoms with Crippen LogP contribution < -0.4 is 11.1 Å². The predicted octanol–water partition coefficient (Wildman–Crippen LogP) is 3.30. The van der Waals surface area contributed by atoms with E-state index in [1.165, 1.54) is 0 Å². The van der Waals surface area contributed by atoms with Gasteiger partial charge in [-0.15, -0.1) is 36.2 Å². The maximum atomic E-state index is 11.9. The van der Waals surface area contributed by atoms with E-state index in [-0.39, 0.29) is 36.8 Å². The molecule has 0 bridgehead atoms. The number of aromatic nitrogens is 1. The third kappa shape index (κ3) is 7.31. The maximum Gasteiger partial charge on any atom is 0.221 e. The van der Waals surface area contributed by atoms with E-state index >= 15 is 0 Å². The number of rotatable bonds is 7. The molecule has 1 aromatic heterocycles. The third-order valence-electron chi connectivity index (χ3n) is 3.24. The number of nitrogens with zero attached hydrogens (tertiary/aromatic N) is 1. The Morgan fingerprint density at radius 1 is 1.30 bits per heavy atom. The Bertz CT molecular complexity index is 578. The molecule has 0 saturated carbocycles. The van der Waals surface area contributed by atoms with Gasteiger partial charge in [-0.1, -0.05) is 37.3 Å². The minimum atomic E-state index is -0.253. The van der Waals surface area contributed by atoms with Gasteiger partial charge in [-0.25, -0.2) is 4.98 Å². The maximum absolute atomic E-state index is 11.9. The van der Waals surface area contributed by atoms with Crippen LogP contribution in [0.3, 0.4) is 0 Å². The van der Waals surface area contributed by atoms with E-state index in [1.807, 2.05) is 30.3 Å². The largest absolute Gasteiger partial charge is 0.356 e. The fourth-order valence-corrected chi connectivity index (χ4v) is 2.83. The Hall–Kier alpha value is -1.14. The Morgan fingerprint density at radius 3 is 2.61 bits per heavy atom. The molecule has 1 amide bonds. The molecule has 128 valence electrons. The lowest BCUT2D eigenvalue weighted by Gasteiger charge is -2.11. The Kier molecular flexibility index (Phi) is 10.8. The number of benzene rings is 1. The van der Waals surface area contributed by atoms with Crippen LogP contribution in [0.15, 0.2) is 35.7 Å². The SMILES string of the molecule is CCc1nc(CCNC(=O)CC(N)c2ccccc2)cs1.Cl.Cl. The molecule has 23 heavy (non-hydrogen) atoms. The van der Waals surface area contributed by atoms with Crippen LogP contribution in [-0.2, 0) is 17.6 Å². The predicted molar refractivity (Wildman–Crippen MR) is 101 cm³/mol. The summed E-state index contributed by atoms with van der Waals surface area (Å²) in [7, 11) is 0. The van der Waals surface area contributed by atoms with E-state index in [4.69, 9.17) is 5.73 Å². The van der Waals surface area contributed by atoms with Crippen molar-refractivity contribution in [2.45, 2.75) is 32.2 Å². The summed E-state index contributed by atoms with van der Waals surface area (Å²) < 4.78 is 0. The van der Waals surface area contributed by atoms with E-state index in [1.54, 1.807) is 11.3 Å². The van der Waals surface area contributed by atoms with Crippen LogP contribution in [0.1, 0.15) is 35.7 Å². The van der Waals surface area contributed by atoms with Crippen molar-refractivity contribution < 1.29 is 4.79 Å². The molecule has 0 aliphatic rings. The zero-order chi connectivity index (χ0) is 15.1. The van der Waals surface area contributed by atoms with E-state index in [9.17, 15) is 4.79 Å². The van der Waals surface area contributed by atoms with E-state index in [0.29, 0.717) is 13.0 Å². The first-order valence-corrected chi connectivity index (χ1v) is 8.07. The third-order valence-corrected chi connectivity index (χ3v) is 4.28. The highest BCUT2D eigenvalue weighted by Crippen LogP contribution is 2.13. The molecule has 0 saturated heterocycles. The molecule has 0 aliphatic carbocycles. The Labute approximate surface area is 153 Å².